The molecule has 0 spiro atoms. The molecule has 2 rings (SSSR count). The monoisotopic (exact) mass is 254 g/mol. The summed E-state index contributed by atoms with van der Waals surface area (Å²) in [6.07, 6.45) is 0.313. The lowest BCUT2D eigenvalue weighted by Crippen LogP contribution is -2.26. The number of carbonyl (C=O) groups excluding carboxylic acids is 1. The number of carbonyl (C=O) groups is 2. The third-order valence-electron chi connectivity index (χ3n) is 2.41. The lowest BCUT2D eigenvalue weighted by Gasteiger charge is -2.00. The summed E-state index contributed by atoms with van der Waals surface area (Å²) in [5.74, 6) is -0.635. The molecule has 1 aromatic rings. The first-order chi connectivity index (χ1) is 8.47. The Labute approximate surface area is 103 Å². The van der Waals surface area contributed by atoms with Crippen LogP contribution in [0.1, 0.15) is 49.0 Å². The van der Waals surface area contributed by atoms with Crippen LogP contribution in [-0.4, -0.2) is 28.2 Å². The van der Waals surface area contributed by atoms with E-state index < -0.39 is 12.1 Å². The highest BCUT2D eigenvalue weighted by molar-refractivity contribution is 5.95. The van der Waals surface area contributed by atoms with Gasteiger partial charge >= 0.3 is 12.1 Å². The number of carboxylic acid groups (broad SMARTS) is 1. The fourth-order valence-corrected chi connectivity index (χ4v) is 1.34. The van der Waals surface area contributed by atoms with E-state index in [1.165, 1.54) is 0 Å². The van der Waals surface area contributed by atoms with Crippen molar-refractivity contribution in [1.29, 1.82) is 0 Å². The zero-order valence-electron chi connectivity index (χ0n) is 10.1. The average Bonchev–Trinajstić information content (AvgIpc) is 2.96. The van der Waals surface area contributed by atoms with Crippen molar-refractivity contribution < 1.29 is 23.8 Å². The molecule has 7 nitrogen and oxygen atoms in total. The summed E-state index contributed by atoms with van der Waals surface area (Å²) in [6, 6.07) is 0.148. The van der Waals surface area contributed by atoms with Gasteiger partial charge in [0.1, 0.15) is 0 Å². The molecule has 1 aromatic heterocycles. The van der Waals surface area contributed by atoms with E-state index in [1.54, 1.807) is 0 Å². The maximum atomic E-state index is 11.8. The first-order valence-corrected chi connectivity index (χ1v) is 5.69. The van der Waals surface area contributed by atoms with Crippen LogP contribution in [0.2, 0.25) is 0 Å². The summed E-state index contributed by atoms with van der Waals surface area (Å²) in [7, 11) is 0. The van der Waals surface area contributed by atoms with Gasteiger partial charge in [-0.05, 0) is 12.8 Å². The zero-order valence-corrected chi connectivity index (χ0v) is 10.1. The van der Waals surface area contributed by atoms with Gasteiger partial charge in [0, 0.05) is 12.0 Å². The second-order valence-corrected chi connectivity index (χ2v) is 4.46. The molecule has 98 valence electrons. The predicted octanol–water partition coefficient (Wildman–Crippen LogP) is 1.75. The van der Waals surface area contributed by atoms with Crippen molar-refractivity contribution in [2.75, 3.05) is 0 Å². The fourth-order valence-electron chi connectivity index (χ4n) is 1.34. The van der Waals surface area contributed by atoms with E-state index in [1.807, 2.05) is 13.8 Å². The number of aromatic nitrogens is 1. The number of amides is 1. The molecule has 0 aliphatic heterocycles. The fraction of sp³-hybridized carbons (Fsp3) is 0.545. The Morgan fingerprint density at radius 1 is 1.50 bits per heavy atom. The standard InChI is InChI=1S/C11H14N2O5/c1-5(2)9-13-7(8(14)12-6-3-4-6)10(17-9)18-11(15)16/h5-6H,3-4H2,1-2H3,(H,12,14)(H,15,16). The van der Waals surface area contributed by atoms with Gasteiger partial charge in [0.05, 0.1) is 0 Å². The van der Waals surface area contributed by atoms with Crippen molar-refractivity contribution in [2.24, 2.45) is 0 Å². The average molecular weight is 254 g/mol. The van der Waals surface area contributed by atoms with E-state index in [9.17, 15) is 9.59 Å². The Bertz CT molecular complexity index is 476. The number of oxazole rings is 1. The largest absolute Gasteiger partial charge is 0.513 e. The lowest BCUT2D eigenvalue weighted by atomic mass is 10.2. The Kier molecular flexibility index (Phi) is 3.22. The second kappa shape index (κ2) is 4.67. The maximum Gasteiger partial charge on any atom is 0.513 e. The second-order valence-electron chi connectivity index (χ2n) is 4.46. The number of hydrogen-bond donors (Lipinski definition) is 2. The summed E-state index contributed by atoms with van der Waals surface area (Å²) >= 11 is 0. The van der Waals surface area contributed by atoms with Crippen LogP contribution in [0.5, 0.6) is 5.95 Å². The molecule has 2 N–H and O–H groups in total. The molecule has 0 saturated heterocycles. The van der Waals surface area contributed by atoms with E-state index in [0.29, 0.717) is 0 Å². The third kappa shape index (κ3) is 2.79. The van der Waals surface area contributed by atoms with Gasteiger partial charge in [0.2, 0.25) is 11.6 Å². The van der Waals surface area contributed by atoms with E-state index in [4.69, 9.17) is 9.52 Å². The van der Waals surface area contributed by atoms with Crippen molar-refractivity contribution in [2.45, 2.75) is 38.6 Å². The molecule has 1 fully saturated rings. The first-order valence-electron chi connectivity index (χ1n) is 5.69. The van der Waals surface area contributed by atoms with Gasteiger partial charge < -0.3 is 19.6 Å². The molecule has 0 aromatic carbocycles. The molecule has 1 aliphatic carbocycles. The van der Waals surface area contributed by atoms with Gasteiger partial charge in [0.15, 0.2) is 0 Å². The molecule has 0 atom stereocenters. The first kappa shape index (κ1) is 12.4. The Morgan fingerprint density at radius 3 is 2.67 bits per heavy atom. The topological polar surface area (TPSA) is 102 Å². The zero-order chi connectivity index (χ0) is 13.3. The minimum Gasteiger partial charge on any atom is -0.449 e. The number of nitrogens with one attached hydrogen (secondary N) is 1. The van der Waals surface area contributed by atoms with Crippen molar-refractivity contribution in [3.8, 4) is 5.95 Å². The quantitative estimate of drug-likeness (QED) is 0.793. The summed E-state index contributed by atoms with van der Waals surface area (Å²) in [6.45, 7) is 3.64. The molecule has 1 amide bonds. The van der Waals surface area contributed by atoms with Crippen LogP contribution in [0, 0.1) is 0 Å². The molecule has 7 heteroatoms. The molecule has 0 unspecified atom stereocenters. The van der Waals surface area contributed by atoms with Gasteiger partial charge in [-0.25, -0.2) is 9.78 Å². The van der Waals surface area contributed by atoms with Crippen molar-refractivity contribution in [3.05, 3.63) is 11.6 Å². The van der Waals surface area contributed by atoms with E-state index >= 15 is 0 Å². The van der Waals surface area contributed by atoms with E-state index in [2.05, 4.69) is 15.0 Å². The number of ether oxygens (including phenoxy) is 1. The molecule has 1 heterocycles. The van der Waals surface area contributed by atoms with Crippen LogP contribution in [-0.2, 0) is 0 Å². The van der Waals surface area contributed by atoms with E-state index in [0.717, 1.165) is 12.8 Å². The summed E-state index contributed by atoms with van der Waals surface area (Å²) in [5, 5.41) is 11.3. The van der Waals surface area contributed by atoms with Crippen LogP contribution in [0.3, 0.4) is 0 Å². The van der Waals surface area contributed by atoms with Crippen LogP contribution in [0.25, 0.3) is 0 Å². The minimum atomic E-state index is -1.54. The number of hydrogen-bond acceptors (Lipinski definition) is 5. The van der Waals surface area contributed by atoms with E-state index in [-0.39, 0.29) is 29.5 Å². The third-order valence-corrected chi connectivity index (χ3v) is 2.41. The molecular weight excluding hydrogens is 240 g/mol. The molecule has 0 radical (unpaired) electrons. The highest BCUT2D eigenvalue weighted by Gasteiger charge is 2.29. The van der Waals surface area contributed by atoms with Gasteiger partial charge in [-0.2, -0.15) is 0 Å². The Hall–Kier alpha value is -2.05. The van der Waals surface area contributed by atoms with Gasteiger partial charge in [0.25, 0.3) is 5.91 Å². The highest BCUT2D eigenvalue weighted by Crippen LogP contribution is 2.26. The summed E-state index contributed by atoms with van der Waals surface area (Å²) in [4.78, 5) is 26.3. The van der Waals surface area contributed by atoms with Gasteiger partial charge in [-0.3, -0.25) is 4.79 Å². The Morgan fingerprint density at radius 2 is 2.17 bits per heavy atom. The van der Waals surface area contributed by atoms with Crippen molar-refractivity contribution >= 4 is 12.1 Å². The minimum absolute atomic E-state index is 0.0661. The van der Waals surface area contributed by atoms with Crippen LogP contribution < -0.4 is 10.1 Å². The van der Waals surface area contributed by atoms with Crippen LogP contribution >= 0.6 is 0 Å². The predicted molar refractivity (Wildman–Crippen MR) is 59.7 cm³/mol. The number of rotatable bonds is 4. The van der Waals surface area contributed by atoms with Gasteiger partial charge in [-0.15, -0.1) is 0 Å². The van der Waals surface area contributed by atoms with Crippen molar-refractivity contribution in [1.82, 2.24) is 10.3 Å². The Balaban J connectivity index is 2.23. The molecule has 0 bridgehead atoms. The summed E-state index contributed by atoms with van der Waals surface area (Å²) < 4.78 is 9.56. The van der Waals surface area contributed by atoms with Gasteiger partial charge in [-0.1, -0.05) is 13.8 Å². The molecule has 1 aliphatic rings. The lowest BCUT2D eigenvalue weighted by molar-refractivity contribution is 0.0938. The number of nitrogens with zero attached hydrogens (tertiary/aromatic N) is 1. The molecule has 1 saturated carbocycles. The molecular formula is C11H14N2O5. The van der Waals surface area contributed by atoms with Crippen LogP contribution in [0.15, 0.2) is 4.42 Å². The maximum absolute atomic E-state index is 11.8. The van der Waals surface area contributed by atoms with Crippen LogP contribution in [0.4, 0.5) is 4.79 Å². The molecule has 18 heavy (non-hydrogen) atoms. The van der Waals surface area contributed by atoms with Crippen molar-refractivity contribution in [3.63, 3.8) is 0 Å². The summed E-state index contributed by atoms with van der Waals surface area (Å²) in [5.41, 5.74) is -0.118. The normalized spacial score (nSPS) is 14.6. The smallest absolute Gasteiger partial charge is 0.449 e. The highest BCUT2D eigenvalue weighted by atomic mass is 16.7. The SMILES string of the molecule is CC(C)c1nc(C(=O)NC2CC2)c(OC(=O)O)o1.